The van der Waals surface area contributed by atoms with Crippen LogP contribution in [0.1, 0.15) is 44.7 Å². The van der Waals surface area contributed by atoms with E-state index in [1.165, 1.54) is 23.9 Å². The zero-order chi connectivity index (χ0) is 25.1. The summed E-state index contributed by atoms with van der Waals surface area (Å²) in [5, 5.41) is 13.8. The Morgan fingerprint density at radius 1 is 1.12 bits per heavy atom. The second-order valence-electron chi connectivity index (χ2n) is 8.03. The van der Waals surface area contributed by atoms with Crippen molar-refractivity contribution >= 4 is 29.3 Å². The molecule has 34 heavy (non-hydrogen) atoms. The van der Waals surface area contributed by atoms with E-state index in [-0.39, 0.29) is 29.3 Å². The van der Waals surface area contributed by atoms with E-state index in [4.69, 9.17) is 4.74 Å². The van der Waals surface area contributed by atoms with E-state index in [2.05, 4.69) is 5.32 Å². The fraction of sp³-hybridized carbons (Fsp3) is 0.440. The molecule has 2 aromatic rings. The highest BCUT2D eigenvalue weighted by atomic mass is 32.2. The number of nitro benzene ring substituents is 1. The number of thioether (sulfide) groups is 1. The van der Waals surface area contributed by atoms with Crippen LogP contribution < -0.4 is 10.1 Å². The van der Waals surface area contributed by atoms with Crippen molar-refractivity contribution in [1.29, 1.82) is 0 Å². The molecular formula is C25H33N3O5S. The molecule has 0 unspecified atom stereocenters. The highest BCUT2D eigenvalue weighted by Crippen LogP contribution is 2.21. The summed E-state index contributed by atoms with van der Waals surface area (Å²) in [6, 6.07) is 13.2. The van der Waals surface area contributed by atoms with Gasteiger partial charge in [-0.25, -0.2) is 0 Å². The number of nitrogens with zero attached hydrogens (tertiary/aromatic N) is 2. The van der Waals surface area contributed by atoms with Gasteiger partial charge in [-0.2, -0.15) is 0 Å². The standard InChI is InChI=1S/C25H33N3O5S/c1-5-18(3)26-25(30)23(6-2)27(15-20-8-7-9-22(14-20)33-4)24(29)17-34-16-19-10-12-21(13-11-19)28(31)32/h7-14,18,23H,5-6,15-17H2,1-4H3,(H,26,30)/t18-,23+/m0/s1. The molecule has 0 heterocycles. The number of amides is 2. The normalized spacial score (nSPS) is 12.5. The Hall–Kier alpha value is -3.07. The number of carbonyl (C=O) groups excluding carboxylic acids is 2. The van der Waals surface area contributed by atoms with Crippen LogP contribution in [-0.4, -0.2) is 46.6 Å². The molecule has 0 aliphatic heterocycles. The molecule has 8 nitrogen and oxygen atoms in total. The number of ether oxygens (including phenoxy) is 1. The van der Waals surface area contributed by atoms with Crippen molar-refractivity contribution in [2.45, 2.75) is 58.0 Å². The third-order valence-electron chi connectivity index (χ3n) is 5.52. The van der Waals surface area contributed by atoms with Gasteiger partial charge in [0.1, 0.15) is 11.8 Å². The number of methoxy groups -OCH3 is 1. The van der Waals surface area contributed by atoms with Crippen LogP contribution in [0.4, 0.5) is 5.69 Å². The first-order chi connectivity index (χ1) is 16.3. The van der Waals surface area contributed by atoms with Crippen LogP contribution in [0.15, 0.2) is 48.5 Å². The average molecular weight is 488 g/mol. The molecule has 0 aliphatic carbocycles. The summed E-state index contributed by atoms with van der Waals surface area (Å²) in [4.78, 5) is 38.3. The Bertz CT molecular complexity index is 967. The zero-order valence-electron chi connectivity index (χ0n) is 20.2. The fourth-order valence-electron chi connectivity index (χ4n) is 3.38. The summed E-state index contributed by atoms with van der Waals surface area (Å²) in [5.74, 6) is 1.12. The van der Waals surface area contributed by atoms with Crippen LogP contribution in [0.25, 0.3) is 0 Å². The number of nitrogens with one attached hydrogen (secondary N) is 1. The fourth-order valence-corrected chi connectivity index (χ4v) is 4.25. The predicted octanol–water partition coefficient (Wildman–Crippen LogP) is 4.56. The Morgan fingerprint density at radius 2 is 1.82 bits per heavy atom. The molecule has 0 saturated carbocycles. The number of benzene rings is 2. The van der Waals surface area contributed by atoms with Crippen LogP contribution in [-0.2, 0) is 21.9 Å². The van der Waals surface area contributed by atoms with Crippen LogP contribution in [0.3, 0.4) is 0 Å². The van der Waals surface area contributed by atoms with E-state index in [1.54, 1.807) is 24.1 Å². The topological polar surface area (TPSA) is 102 Å². The van der Waals surface area contributed by atoms with Gasteiger partial charge in [0.05, 0.1) is 17.8 Å². The summed E-state index contributed by atoms with van der Waals surface area (Å²) in [6.45, 7) is 6.14. The zero-order valence-corrected chi connectivity index (χ0v) is 21.0. The molecule has 0 radical (unpaired) electrons. The predicted molar refractivity (Wildman–Crippen MR) is 135 cm³/mol. The lowest BCUT2D eigenvalue weighted by molar-refractivity contribution is -0.384. The number of non-ortho nitro benzene ring substituents is 1. The second-order valence-corrected chi connectivity index (χ2v) is 9.02. The molecule has 2 aromatic carbocycles. The van der Waals surface area contributed by atoms with E-state index in [0.717, 1.165) is 17.5 Å². The number of rotatable bonds is 13. The van der Waals surface area contributed by atoms with Gasteiger partial charge in [0, 0.05) is 30.5 Å². The second kappa shape index (κ2) is 13.6. The van der Waals surface area contributed by atoms with Crippen LogP contribution in [0.2, 0.25) is 0 Å². The van der Waals surface area contributed by atoms with E-state index in [0.29, 0.717) is 24.5 Å². The molecular weight excluding hydrogens is 454 g/mol. The Balaban J connectivity index is 2.14. The summed E-state index contributed by atoms with van der Waals surface area (Å²) in [5.41, 5.74) is 1.81. The molecule has 2 rings (SSSR count). The third kappa shape index (κ3) is 8.06. The molecule has 0 bridgehead atoms. The van der Waals surface area contributed by atoms with Crippen molar-refractivity contribution in [3.63, 3.8) is 0 Å². The van der Waals surface area contributed by atoms with Gasteiger partial charge in [-0.15, -0.1) is 11.8 Å². The average Bonchev–Trinajstić information content (AvgIpc) is 2.84. The van der Waals surface area contributed by atoms with Crippen molar-refractivity contribution in [2.24, 2.45) is 0 Å². The van der Waals surface area contributed by atoms with Gasteiger partial charge in [0.15, 0.2) is 0 Å². The minimum atomic E-state index is -0.590. The number of hydrogen-bond donors (Lipinski definition) is 1. The number of carbonyl (C=O) groups is 2. The van der Waals surface area contributed by atoms with Gasteiger partial charge in [-0.3, -0.25) is 19.7 Å². The Morgan fingerprint density at radius 3 is 2.41 bits per heavy atom. The van der Waals surface area contributed by atoms with E-state index in [1.807, 2.05) is 45.0 Å². The first-order valence-corrected chi connectivity index (χ1v) is 12.5. The molecule has 0 aliphatic rings. The van der Waals surface area contributed by atoms with Crippen LogP contribution in [0, 0.1) is 10.1 Å². The maximum absolute atomic E-state index is 13.3. The first kappa shape index (κ1) is 27.2. The molecule has 0 fully saturated rings. The third-order valence-corrected chi connectivity index (χ3v) is 6.50. The smallest absolute Gasteiger partial charge is 0.269 e. The number of nitro groups is 1. The van der Waals surface area contributed by atoms with Gasteiger partial charge < -0.3 is 15.0 Å². The summed E-state index contributed by atoms with van der Waals surface area (Å²) < 4.78 is 5.31. The molecule has 0 aromatic heterocycles. The lowest BCUT2D eigenvalue weighted by atomic mass is 10.1. The lowest BCUT2D eigenvalue weighted by Gasteiger charge is -2.31. The molecule has 0 saturated heterocycles. The molecule has 1 N–H and O–H groups in total. The summed E-state index contributed by atoms with van der Waals surface area (Å²) >= 11 is 1.42. The molecule has 0 spiro atoms. The summed E-state index contributed by atoms with van der Waals surface area (Å²) in [7, 11) is 1.59. The monoisotopic (exact) mass is 487 g/mol. The van der Waals surface area contributed by atoms with Crippen molar-refractivity contribution in [3.05, 3.63) is 69.8 Å². The molecule has 2 amide bonds. The Kier molecular flexibility index (Phi) is 10.9. The van der Waals surface area contributed by atoms with E-state index >= 15 is 0 Å². The van der Waals surface area contributed by atoms with E-state index < -0.39 is 11.0 Å². The van der Waals surface area contributed by atoms with Crippen molar-refractivity contribution in [1.82, 2.24) is 10.2 Å². The van der Waals surface area contributed by atoms with Gasteiger partial charge in [0.2, 0.25) is 11.8 Å². The first-order valence-electron chi connectivity index (χ1n) is 11.3. The van der Waals surface area contributed by atoms with Crippen molar-refractivity contribution < 1.29 is 19.2 Å². The minimum Gasteiger partial charge on any atom is -0.497 e. The van der Waals surface area contributed by atoms with Gasteiger partial charge >= 0.3 is 0 Å². The maximum Gasteiger partial charge on any atom is 0.269 e. The lowest BCUT2D eigenvalue weighted by Crippen LogP contribution is -2.51. The van der Waals surface area contributed by atoms with Gasteiger partial charge in [-0.05, 0) is 43.0 Å². The quantitative estimate of drug-likeness (QED) is 0.328. The maximum atomic E-state index is 13.3. The molecule has 2 atom stereocenters. The van der Waals surface area contributed by atoms with Crippen LogP contribution >= 0.6 is 11.8 Å². The van der Waals surface area contributed by atoms with E-state index in [9.17, 15) is 19.7 Å². The Labute approximate surface area is 205 Å². The van der Waals surface area contributed by atoms with Gasteiger partial charge in [0.25, 0.3) is 5.69 Å². The SMILES string of the molecule is CC[C@H](C(=O)N[C@@H](C)CC)N(Cc1cccc(OC)c1)C(=O)CSCc1ccc([N+](=O)[O-])cc1. The minimum absolute atomic E-state index is 0.0202. The number of hydrogen-bond acceptors (Lipinski definition) is 6. The summed E-state index contributed by atoms with van der Waals surface area (Å²) in [6.07, 6.45) is 1.29. The largest absolute Gasteiger partial charge is 0.497 e. The highest BCUT2D eigenvalue weighted by Gasteiger charge is 2.29. The molecule has 184 valence electrons. The van der Waals surface area contributed by atoms with Crippen molar-refractivity contribution in [3.8, 4) is 5.75 Å². The highest BCUT2D eigenvalue weighted by molar-refractivity contribution is 7.99. The van der Waals surface area contributed by atoms with Gasteiger partial charge in [-0.1, -0.05) is 38.1 Å². The van der Waals surface area contributed by atoms with Crippen LogP contribution in [0.5, 0.6) is 5.75 Å². The molecule has 9 heteroatoms. The van der Waals surface area contributed by atoms with Crippen molar-refractivity contribution in [2.75, 3.05) is 12.9 Å².